The van der Waals surface area contributed by atoms with Gasteiger partial charge in [0, 0.05) is 19.0 Å². The van der Waals surface area contributed by atoms with Crippen LogP contribution in [0.1, 0.15) is 50.5 Å². The normalized spacial score (nSPS) is 16.8. The molecule has 3 N–H and O–H groups in total. The van der Waals surface area contributed by atoms with E-state index in [2.05, 4.69) is 17.4 Å². The summed E-state index contributed by atoms with van der Waals surface area (Å²) >= 11 is 0. The largest absolute Gasteiger partial charge is 0.497 e. The lowest BCUT2D eigenvalue weighted by Gasteiger charge is -2.30. The van der Waals surface area contributed by atoms with Crippen molar-refractivity contribution in [3.05, 3.63) is 29.8 Å². The van der Waals surface area contributed by atoms with Crippen molar-refractivity contribution in [1.29, 1.82) is 0 Å². The molecule has 1 aromatic rings. The molecule has 1 aliphatic carbocycles. The monoisotopic (exact) mass is 318 g/mol. The topological polar surface area (TPSA) is 64.3 Å². The summed E-state index contributed by atoms with van der Waals surface area (Å²) in [7, 11) is 1.67. The van der Waals surface area contributed by atoms with Crippen LogP contribution in [0.2, 0.25) is 0 Å². The van der Waals surface area contributed by atoms with E-state index in [0.717, 1.165) is 18.6 Å². The van der Waals surface area contributed by atoms with Crippen LogP contribution < -0.4 is 15.8 Å². The number of hydrogen-bond donors (Lipinski definition) is 2. The number of nitrogens with two attached hydrogens (primary N) is 1. The van der Waals surface area contributed by atoms with Gasteiger partial charge in [0.25, 0.3) is 0 Å². The van der Waals surface area contributed by atoms with Crippen molar-refractivity contribution in [2.24, 2.45) is 11.7 Å². The third kappa shape index (κ3) is 5.87. The fraction of sp³-hybridized carbons (Fsp3) is 0.632. The van der Waals surface area contributed by atoms with Gasteiger partial charge in [-0.25, -0.2) is 0 Å². The molecular formula is C19H30N2O2. The van der Waals surface area contributed by atoms with E-state index in [9.17, 15) is 4.79 Å². The summed E-state index contributed by atoms with van der Waals surface area (Å²) in [6, 6.07) is 8.19. The van der Waals surface area contributed by atoms with Crippen LogP contribution in [0.25, 0.3) is 0 Å². The molecule has 0 radical (unpaired) electrons. The molecule has 4 heteroatoms. The van der Waals surface area contributed by atoms with Crippen molar-refractivity contribution in [3.63, 3.8) is 0 Å². The number of rotatable bonds is 8. The Morgan fingerprint density at radius 2 is 1.96 bits per heavy atom. The van der Waals surface area contributed by atoms with Crippen LogP contribution in [0.5, 0.6) is 5.75 Å². The van der Waals surface area contributed by atoms with Crippen molar-refractivity contribution < 1.29 is 9.53 Å². The van der Waals surface area contributed by atoms with Gasteiger partial charge in [0.05, 0.1) is 7.11 Å². The molecule has 1 amide bonds. The molecule has 0 saturated heterocycles. The van der Waals surface area contributed by atoms with Gasteiger partial charge in [-0.2, -0.15) is 0 Å². The van der Waals surface area contributed by atoms with Gasteiger partial charge in [-0.1, -0.05) is 31.4 Å². The Hall–Kier alpha value is -1.55. The van der Waals surface area contributed by atoms with Crippen LogP contribution in [-0.2, 0) is 11.2 Å². The van der Waals surface area contributed by atoms with Crippen molar-refractivity contribution >= 4 is 5.91 Å². The van der Waals surface area contributed by atoms with Crippen LogP contribution in [0.4, 0.5) is 0 Å². The van der Waals surface area contributed by atoms with Crippen molar-refractivity contribution in [3.8, 4) is 5.75 Å². The Morgan fingerprint density at radius 3 is 2.57 bits per heavy atom. The summed E-state index contributed by atoms with van der Waals surface area (Å²) < 4.78 is 5.15. The predicted octanol–water partition coefficient (Wildman–Crippen LogP) is 3.04. The molecule has 4 nitrogen and oxygen atoms in total. The average molecular weight is 318 g/mol. The van der Waals surface area contributed by atoms with E-state index in [4.69, 9.17) is 10.5 Å². The average Bonchev–Trinajstić information content (AvgIpc) is 2.61. The highest BCUT2D eigenvalue weighted by Crippen LogP contribution is 2.26. The molecule has 2 rings (SSSR count). The van der Waals surface area contributed by atoms with Crippen molar-refractivity contribution in [1.82, 2.24) is 5.32 Å². The molecule has 1 aliphatic rings. The second kappa shape index (κ2) is 9.56. The minimum Gasteiger partial charge on any atom is -0.497 e. The summed E-state index contributed by atoms with van der Waals surface area (Å²) in [5.41, 5.74) is 7.11. The molecular weight excluding hydrogens is 288 g/mol. The number of carbonyl (C=O) groups is 1. The maximum Gasteiger partial charge on any atom is 0.220 e. The molecule has 0 aromatic heterocycles. The quantitative estimate of drug-likeness (QED) is 0.774. The van der Waals surface area contributed by atoms with E-state index in [1.54, 1.807) is 7.11 Å². The van der Waals surface area contributed by atoms with Gasteiger partial charge in [0.15, 0.2) is 0 Å². The Kier molecular flexibility index (Phi) is 7.40. The van der Waals surface area contributed by atoms with Gasteiger partial charge in [-0.15, -0.1) is 0 Å². The lowest BCUT2D eigenvalue weighted by atomic mass is 9.84. The number of hydrogen-bond acceptors (Lipinski definition) is 3. The molecule has 1 fully saturated rings. The first-order chi connectivity index (χ1) is 11.2. The SMILES string of the molecule is COc1ccc(CCCC(=O)NC(CN)C2CCCCC2)cc1. The zero-order valence-electron chi connectivity index (χ0n) is 14.2. The number of methoxy groups -OCH3 is 1. The van der Waals surface area contributed by atoms with Crippen LogP contribution in [0, 0.1) is 5.92 Å². The van der Waals surface area contributed by atoms with E-state index in [-0.39, 0.29) is 11.9 Å². The Bertz CT molecular complexity index is 467. The number of carbonyl (C=O) groups excluding carboxylic acids is 1. The maximum atomic E-state index is 12.2. The molecule has 0 bridgehead atoms. The summed E-state index contributed by atoms with van der Waals surface area (Å²) in [6.45, 7) is 0.550. The standard InChI is InChI=1S/C19H30N2O2/c1-23-17-12-10-15(11-13-17)6-5-9-19(22)21-18(14-20)16-7-3-2-4-8-16/h10-13,16,18H,2-9,14,20H2,1H3,(H,21,22). The number of amides is 1. The van der Waals surface area contributed by atoms with Gasteiger partial charge < -0.3 is 15.8 Å². The summed E-state index contributed by atoms with van der Waals surface area (Å²) in [5, 5.41) is 3.16. The Morgan fingerprint density at radius 1 is 1.26 bits per heavy atom. The van der Waals surface area contributed by atoms with E-state index in [1.165, 1.54) is 37.7 Å². The molecule has 23 heavy (non-hydrogen) atoms. The van der Waals surface area contributed by atoms with Gasteiger partial charge in [-0.3, -0.25) is 4.79 Å². The highest BCUT2D eigenvalue weighted by molar-refractivity contribution is 5.76. The van der Waals surface area contributed by atoms with E-state index >= 15 is 0 Å². The highest BCUT2D eigenvalue weighted by atomic mass is 16.5. The minimum absolute atomic E-state index is 0.138. The lowest BCUT2D eigenvalue weighted by Crippen LogP contribution is -2.45. The molecule has 0 spiro atoms. The molecule has 0 heterocycles. The lowest BCUT2D eigenvalue weighted by molar-refractivity contribution is -0.122. The fourth-order valence-corrected chi connectivity index (χ4v) is 3.43. The Labute approximate surface area is 139 Å². The van der Waals surface area contributed by atoms with Gasteiger partial charge in [0.1, 0.15) is 5.75 Å². The summed E-state index contributed by atoms with van der Waals surface area (Å²) in [4.78, 5) is 12.2. The highest BCUT2D eigenvalue weighted by Gasteiger charge is 2.23. The second-order valence-corrected chi connectivity index (χ2v) is 6.51. The van der Waals surface area contributed by atoms with Gasteiger partial charge >= 0.3 is 0 Å². The molecule has 1 saturated carbocycles. The van der Waals surface area contributed by atoms with Crippen LogP contribution in [-0.4, -0.2) is 25.6 Å². The molecule has 0 aliphatic heterocycles. The van der Waals surface area contributed by atoms with Crippen molar-refractivity contribution in [2.75, 3.05) is 13.7 Å². The molecule has 128 valence electrons. The zero-order chi connectivity index (χ0) is 16.5. The first kappa shape index (κ1) is 17.8. The van der Waals surface area contributed by atoms with Crippen molar-refractivity contribution in [2.45, 2.75) is 57.4 Å². The fourth-order valence-electron chi connectivity index (χ4n) is 3.43. The van der Waals surface area contributed by atoms with E-state index < -0.39 is 0 Å². The first-order valence-electron chi connectivity index (χ1n) is 8.85. The van der Waals surface area contributed by atoms with Crippen LogP contribution in [0.3, 0.4) is 0 Å². The third-order valence-corrected chi connectivity index (χ3v) is 4.85. The van der Waals surface area contributed by atoms with E-state index in [1.807, 2.05) is 12.1 Å². The summed E-state index contributed by atoms with van der Waals surface area (Å²) in [6.07, 6.45) is 8.61. The number of ether oxygens (including phenoxy) is 1. The number of benzene rings is 1. The third-order valence-electron chi connectivity index (χ3n) is 4.85. The predicted molar refractivity (Wildman–Crippen MR) is 93.5 cm³/mol. The van der Waals surface area contributed by atoms with Gasteiger partial charge in [-0.05, 0) is 49.3 Å². The summed E-state index contributed by atoms with van der Waals surface area (Å²) in [5.74, 6) is 1.57. The second-order valence-electron chi connectivity index (χ2n) is 6.51. The van der Waals surface area contributed by atoms with Crippen LogP contribution >= 0.6 is 0 Å². The Balaban J connectivity index is 1.70. The zero-order valence-corrected chi connectivity index (χ0v) is 14.2. The van der Waals surface area contributed by atoms with E-state index in [0.29, 0.717) is 18.9 Å². The number of aryl methyl sites for hydroxylation is 1. The van der Waals surface area contributed by atoms with Gasteiger partial charge in [0.2, 0.25) is 5.91 Å². The van der Waals surface area contributed by atoms with Crippen LogP contribution in [0.15, 0.2) is 24.3 Å². The first-order valence-corrected chi connectivity index (χ1v) is 8.85. The smallest absolute Gasteiger partial charge is 0.220 e. The molecule has 1 aromatic carbocycles. The maximum absolute atomic E-state index is 12.2. The molecule has 1 atom stereocenters. The minimum atomic E-state index is 0.138. The number of nitrogens with one attached hydrogen (secondary N) is 1. The molecule has 1 unspecified atom stereocenters.